The first-order chi connectivity index (χ1) is 15.9. The van der Waals surface area contributed by atoms with E-state index in [0.29, 0.717) is 53.6 Å². The molecule has 1 aliphatic rings. The van der Waals surface area contributed by atoms with Crippen LogP contribution < -0.4 is 14.8 Å². The van der Waals surface area contributed by atoms with Crippen LogP contribution in [0, 0.1) is 12.8 Å². The van der Waals surface area contributed by atoms with Gasteiger partial charge in [-0.05, 0) is 42.7 Å². The highest BCUT2D eigenvalue weighted by atomic mass is 16.5. The number of benzene rings is 1. The molecule has 3 aromatic heterocycles. The highest BCUT2D eigenvalue weighted by Crippen LogP contribution is 2.40. The molecule has 0 saturated carbocycles. The van der Waals surface area contributed by atoms with Crippen molar-refractivity contribution >= 4 is 17.4 Å². The summed E-state index contributed by atoms with van der Waals surface area (Å²) >= 11 is 0. The number of fused-ring (bicyclic) bond motifs is 2. The molecule has 33 heavy (non-hydrogen) atoms. The Hall–Kier alpha value is -3.95. The molecular weight excluding hydrogens is 422 g/mol. The summed E-state index contributed by atoms with van der Waals surface area (Å²) < 4.78 is 14.7. The lowest BCUT2D eigenvalue weighted by molar-refractivity contribution is -0.116. The Morgan fingerprint density at radius 1 is 1.18 bits per heavy atom. The van der Waals surface area contributed by atoms with E-state index in [2.05, 4.69) is 39.6 Å². The summed E-state index contributed by atoms with van der Waals surface area (Å²) in [5.41, 5.74) is 2.51. The van der Waals surface area contributed by atoms with Crippen LogP contribution in [-0.4, -0.2) is 49.2 Å². The van der Waals surface area contributed by atoms with Gasteiger partial charge in [-0.15, -0.1) is 15.3 Å². The van der Waals surface area contributed by atoms with Crippen molar-refractivity contribution in [2.24, 2.45) is 5.92 Å². The predicted octanol–water partition coefficient (Wildman–Crippen LogP) is 3.14. The predicted molar refractivity (Wildman–Crippen MR) is 121 cm³/mol. The van der Waals surface area contributed by atoms with Crippen molar-refractivity contribution in [3.63, 3.8) is 0 Å². The summed E-state index contributed by atoms with van der Waals surface area (Å²) in [7, 11) is 1.62. The van der Waals surface area contributed by atoms with E-state index in [1.165, 1.54) is 0 Å². The molecule has 10 nitrogen and oxygen atoms in total. The lowest BCUT2D eigenvalue weighted by Gasteiger charge is -2.24. The van der Waals surface area contributed by atoms with Gasteiger partial charge in [0.1, 0.15) is 5.82 Å². The van der Waals surface area contributed by atoms with E-state index < -0.39 is 0 Å². The molecule has 4 aromatic rings. The molecule has 10 heteroatoms. The van der Waals surface area contributed by atoms with E-state index in [-0.39, 0.29) is 11.8 Å². The molecular formula is C23H25N7O3. The van der Waals surface area contributed by atoms with E-state index in [1.54, 1.807) is 28.6 Å². The maximum absolute atomic E-state index is 12.7. The maximum Gasteiger partial charge on any atom is 0.226 e. The van der Waals surface area contributed by atoms with Gasteiger partial charge in [0.15, 0.2) is 28.8 Å². The third-order valence-electron chi connectivity index (χ3n) is 5.60. The minimum Gasteiger partial charge on any atom is -0.493 e. The van der Waals surface area contributed by atoms with Crippen molar-refractivity contribution in [3.05, 3.63) is 53.5 Å². The molecule has 0 unspecified atom stereocenters. The molecule has 1 aromatic carbocycles. The summed E-state index contributed by atoms with van der Waals surface area (Å²) in [6.07, 6.45) is 2.09. The first-order valence-electron chi connectivity index (χ1n) is 10.8. The van der Waals surface area contributed by atoms with Crippen molar-refractivity contribution < 1.29 is 14.3 Å². The fourth-order valence-electron chi connectivity index (χ4n) is 3.97. The molecule has 1 N–H and O–H groups in total. The topological polar surface area (TPSA) is 108 Å². The average Bonchev–Trinajstić information content (AvgIpc) is 3.40. The first kappa shape index (κ1) is 20.9. The normalized spacial score (nSPS) is 15.5. The zero-order valence-corrected chi connectivity index (χ0v) is 18.9. The summed E-state index contributed by atoms with van der Waals surface area (Å²) in [6.45, 7) is 6.62. The number of nitrogens with zero attached hydrogens (tertiary/aromatic N) is 6. The summed E-state index contributed by atoms with van der Waals surface area (Å²) in [6, 6.07) is 9.44. The third-order valence-corrected chi connectivity index (χ3v) is 5.60. The number of carbonyl (C=O) groups excluding carboxylic acids is 1. The van der Waals surface area contributed by atoms with Gasteiger partial charge in [0, 0.05) is 17.9 Å². The Balaban J connectivity index is 1.53. The monoisotopic (exact) mass is 447 g/mol. The number of anilines is 1. The largest absolute Gasteiger partial charge is 0.493 e. The van der Waals surface area contributed by atoms with E-state index in [9.17, 15) is 4.79 Å². The Bertz CT molecular complexity index is 1340. The zero-order chi connectivity index (χ0) is 23.1. The van der Waals surface area contributed by atoms with Gasteiger partial charge in [-0.25, -0.2) is 0 Å². The van der Waals surface area contributed by atoms with Crippen LogP contribution >= 0.6 is 0 Å². The Labute approximate surface area is 190 Å². The number of carbonyl (C=O) groups is 1. The van der Waals surface area contributed by atoms with Gasteiger partial charge in [-0.3, -0.25) is 4.79 Å². The Morgan fingerprint density at radius 2 is 2.03 bits per heavy atom. The molecule has 0 bridgehead atoms. The highest BCUT2D eigenvalue weighted by Gasteiger charge is 2.31. The second-order valence-corrected chi connectivity index (χ2v) is 8.49. The SMILES string of the molecule is COc1cc([C@@H]2CC(=O)Nc3c2cnn3-c2ccc3nnc(C)n3n2)ccc1OCC(C)C. The second kappa shape index (κ2) is 8.19. The van der Waals surface area contributed by atoms with Crippen molar-refractivity contribution in [2.75, 3.05) is 19.0 Å². The van der Waals surface area contributed by atoms with E-state index in [0.717, 1.165) is 11.1 Å². The Morgan fingerprint density at radius 3 is 2.82 bits per heavy atom. The highest BCUT2D eigenvalue weighted by molar-refractivity contribution is 5.94. The van der Waals surface area contributed by atoms with Gasteiger partial charge >= 0.3 is 0 Å². The van der Waals surface area contributed by atoms with Crippen LogP contribution in [0.2, 0.25) is 0 Å². The van der Waals surface area contributed by atoms with Gasteiger partial charge in [0.2, 0.25) is 5.91 Å². The average molecular weight is 447 g/mol. The molecule has 0 saturated heterocycles. The van der Waals surface area contributed by atoms with Gasteiger partial charge < -0.3 is 14.8 Å². The van der Waals surface area contributed by atoms with E-state index >= 15 is 0 Å². The van der Waals surface area contributed by atoms with Crippen LogP contribution in [0.1, 0.15) is 43.1 Å². The fourth-order valence-corrected chi connectivity index (χ4v) is 3.97. The second-order valence-electron chi connectivity index (χ2n) is 8.49. The van der Waals surface area contributed by atoms with Crippen LogP contribution in [0.3, 0.4) is 0 Å². The van der Waals surface area contributed by atoms with Crippen LogP contribution in [0.25, 0.3) is 11.5 Å². The summed E-state index contributed by atoms with van der Waals surface area (Å²) in [5.74, 6) is 3.30. The van der Waals surface area contributed by atoms with Crippen molar-refractivity contribution in [1.29, 1.82) is 0 Å². The van der Waals surface area contributed by atoms with Gasteiger partial charge in [-0.2, -0.15) is 14.3 Å². The van der Waals surface area contributed by atoms with Crippen LogP contribution in [0.15, 0.2) is 36.5 Å². The number of nitrogens with one attached hydrogen (secondary N) is 1. The number of methoxy groups -OCH3 is 1. The first-order valence-corrected chi connectivity index (χ1v) is 10.8. The van der Waals surface area contributed by atoms with Crippen LogP contribution in [0.5, 0.6) is 11.5 Å². The molecule has 1 amide bonds. The summed E-state index contributed by atoms with van der Waals surface area (Å²) in [5, 5.41) is 20.2. The molecule has 1 atom stereocenters. The lowest BCUT2D eigenvalue weighted by Crippen LogP contribution is -2.25. The molecule has 1 aliphatic heterocycles. The third kappa shape index (κ3) is 3.77. The number of rotatable bonds is 6. The van der Waals surface area contributed by atoms with Gasteiger partial charge in [0.05, 0.1) is 19.9 Å². The van der Waals surface area contributed by atoms with Crippen molar-refractivity contribution in [2.45, 2.75) is 33.1 Å². The smallest absolute Gasteiger partial charge is 0.226 e. The number of hydrogen-bond acceptors (Lipinski definition) is 7. The van der Waals surface area contributed by atoms with Crippen molar-refractivity contribution in [3.8, 4) is 17.3 Å². The fraction of sp³-hybridized carbons (Fsp3) is 0.348. The molecule has 0 fully saturated rings. The van der Waals surface area contributed by atoms with E-state index in [1.807, 2.05) is 31.2 Å². The molecule has 4 heterocycles. The Kier molecular flexibility index (Phi) is 5.20. The quantitative estimate of drug-likeness (QED) is 0.484. The zero-order valence-electron chi connectivity index (χ0n) is 18.9. The van der Waals surface area contributed by atoms with Gasteiger partial charge in [0.25, 0.3) is 0 Å². The van der Waals surface area contributed by atoms with E-state index in [4.69, 9.17) is 9.47 Å². The molecule has 0 aliphatic carbocycles. The standard InChI is InChI=1S/C23H25N7O3/c1-13(2)12-33-18-6-5-15(9-19(18)32-4)16-10-22(31)25-23-17(16)11-24-30(23)21-8-7-20-27-26-14(3)29(20)28-21/h5-9,11,13,16H,10,12H2,1-4H3,(H,25,31)/t16-/m0/s1. The summed E-state index contributed by atoms with van der Waals surface area (Å²) in [4.78, 5) is 12.7. The molecule has 170 valence electrons. The molecule has 5 rings (SSSR count). The van der Waals surface area contributed by atoms with Crippen LogP contribution in [0.4, 0.5) is 5.82 Å². The molecule has 0 radical (unpaired) electrons. The van der Waals surface area contributed by atoms with Gasteiger partial charge in [-0.1, -0.05) is 19.9 Å². The number of hydrogen-bond donors (Lipinski definition) is 1. The minimum absolute atomic E-state index is 0.0880. The van der Waals surface area contributed by atoms with Crippen molar-refractivity contribution in [1.82, 2.24) is 29.6 Å². The lowest BCUT2D eigenvalue weighted by atomic mass is 9.87. The minimum atomic E-state index is -0.170. The molecule has 0 spiro atoms. The maximum atomic E-state index is 12.7. The number of ether oxygens (including phenoxy) is 2. The number of aryl methyl sites for hydroxylation is 1. The number of aromatic nitrogens is 6. The number of amides is 1. The van der Waals surface area contributed by atoms with Crippen LogP contribution in [-0.2, 0) is 4.79 Å².